The maximum Gasteiger partial charge on any atom is 0.261 e. The Bertz CT molecular complexity index is 1110. The van der Waals surface area contributed by atoms with E-state index in [4.69, 9.17) is 16.6 Å². The topological polar surface area (TPSA) is 55.2 Å². The third kappa shape index (κ3) is 4.20. The molecule has 0 radical (unpaired) electrons. The summed E-state index contributed by atoms with van der Waals surface area (Å²) in [7, 11) is 1.77. The zero-order valence-electron chi connectivity index (χ0n) is 16.5. The summed E-state index contributed by atoms with van der Waals surface area (Å²) >= 11 is 5.93. The van der Waals surface area contributed by atoms with E-state index in [2.05, 4.69) is 0 Å². The van der Waals surface area contributed by atoms with Gasteiger partial charge in [-0.2, -0.15) is 0 Å². The van der Waals surface area contributed by atoms with Crippen LogP contribution in [0.3, 0.4) is 0 Å². The van der Waals surface area contributed by atoms with Gasteiger partial charge < -0.3 is 4.90 Å². The van der Waals surface area contributed by atoms with Crippen LogP contribution in [-0.4, -0.2) is 27.4 Å². The second-order valence-corrected chi connectivity index (χ2v) is 8.11. The number of benzene rings is 2. The van der Waals surface area contributed by atoms with Gasteiger partial charge in [0.1, 0.15) is 5.82 Å². The lowest BCUT2D eigenvalue weighted by Crippen LogP contribution is -2.28. The highest BCUT2D eigenvalue weighted by atomic mass is 35.5. The first kappa shape index (κ1) is 19.6. The molecule has 1 aliphatic rings. The lowest BCUT2D eigenvalue weighted by molar-refractivity contribution is 0.0785. The minimum atomic E-state index is -0.101. The van der Waals surface area contributed by atoms with E-state index in [1.165, 1.54) is 6.42 Å². The summed E-state index contributed by atoms with van der Waals surface area (Å²) in [4.78, 5) is 32.3. The number of hydrogen-bond donors (Lipinski definition) is 0. The molecule has 1 aliphatic heterocycles. The predicted molar refractivity (Wildman–Crippen MR) is 115 cm³/mol. The van der Waals surface area contributed by atoms with Crippen molar-refractivity contribution in [2.75, 3.05) is 7.05 Å². The number of rotatable bonds is 3. The van der Waals surface area contributed by atoms with Crippen molar-refractivity contribution in [3.8, 4) is 0 Å². The number of hydrogen-bond acceptors (Lipinski definition) is 3. The van der Waals surface area contributed by atoms with Crippen molar-refractivity contribution in [3.63, 3.8) is 0 Å². The van der Waals surface area contributed by atoms with Crippen LogP contribution in [0.5, 0.6) is 0 Å². The minimum absolute atomic E-state index is 0.000387. The Morgan fingerprint density at radius 3 is 2.66 bits per heavy atom. The van der Waals surface area contributed by atoms with Crippen molar-refractivity contribution in [1.82, 2.24) is 14.5 Å². The lowest BCUT2D eigenvalue weighted by atomic mass is 10.1. The summed E-state index contributed by atoms with van der Waals surface area (Å²) in [5.74, 6) is 0.733. The molecule has 29 heavy (non-hydrogen) atoms. The Morgan fingerprint density at radius 1 is 1.10 bits per heavy atom. The molecule has 0 fully saturated rings. The third-order valence-corrected chi connectivity index (χ3v) is 5.75. The van der Waals surface area contributed by atoms with E-state index < -0.39 is 0 Å². The summed E-state index contributed by atoms with van der Waals surface area (Å²) in [5.41, 5.74) is 2.15. The van der Waals surface area contributed by atoms with Crippen LogP contribution in [0.25, 0.3) is 10.9 Å². The minimum Gasteiger partial charge on any atom is -0.337 e. The first-order valence-corrected chi connectivity index (χ1v) is 10.4. The average Bonchev–Trinajstić information content (AvgIpc) is 2.70. The summed E-state index contributed by atoms with van der Waals surface area (Å²) in [5, 5.41) is 1.25. The summed E-state index contributed by atoms with van der Waals surface area (Å²) < 4.78 is 1.82. The van der Waals surface area contributed by atoms with Gasteiger partial charge in [0, 0.05) is 37.1 Å². The van der Waals surface area contributed by atoms with Gasteiger partial charge in [0.2, 0.25) is 0 Å². The number of aromatic nitrogens is 2. The van der Waals surface area contributed by atoms with Gasteiger partial charge in [0.05, 0.1) is 10.9 Å². The summed E-state index contributed by atoms with van der Waals surface area (Å²) in [6.07, 6.45) is 5.17. The van der Waals surface area contributed by atoms with Gasteiger partial charge in [-0.25, -0.2) is 4.98 Å². The van der Waals surface area contributed by atoms with E-state index in [-0.39, 0.29) is 11.5 Å². The van der Waals surface area contributed by atoms with Gasteiger partial charge in [-0.3, -0.25) is 14.2 Å². The number of halogens is 1. The van der Waals surface area contributed by atoms with Gasteiger partial charge in [-0.1, -0.05) is 36.6 Å². The molecule has 0 aliphatic carbocycles. The first-order valence-electron chi connectivity index (χ1n) is 10.1. The largest absolute Gasteiger partial charge is 0.337 e. The number of fused-ring (bicyclic) bond motifs is 2. The van der Waals surface area contributed by atoms with Crippen LogP contribution in [0.1, 0.15) is 47.4 Å². The Morgan fingerprint density at radius 2 is 1.86 bits per heavy atom. The van der Waals surface area contributed by atoms with Gasteiger partial charge in [-0.15, -0.1) is 0 Å². The van der Waals surface area contributed by atoms with Crippen LogP contribution in [0.15, 0.2) is 47.3 Å². The quantitative estimate of drug-likeness (QED) is 0.642. The lowest BCUT2D eigenvalue weighted by Gasteiger charge is -2.19. The van der Waals surface area contributed by atoms with E-state index in [0.29, 0.717) is 28.0 Å². The molecule has 3 aromatic rings. The van der Waals surface area contributed by atoms with Gasteiger partial charge in [0.15, 0.2) is 0 Å². The van der Waals surface area contributed by atoms with Crippen LogP contribution in [0, 0.1) is 0 Å². The number of nitrogens with zero attached hydrogens (tertiary/aromatic N) is 3. The van der Waals surface area contributed by atoms with Crippen LogP contribution in [0.2, 0.25) is 5.02 Å². The van der Waals surface area contributed by atoms with Crippen LogP contribution in [0.4, 0.5) is 0 Å². The normalized spacial score (nSPS) is 14.1. The highest BCUT2D eigenvalue weighted by Crippen LogP contribution is 2.18. The predicted octanol–water partition coefficient (Wildman–Crippen LogP) is 4.44. The Kier molecular flexibility index (Phi) is 5.67. The highest BCUT2D eigenvalue weighted by molar-refractivity contribution is 6.30. The fourth-order valence-corrected chi connectivity index (χ4v) is 4.01. The van der Waals surface area contributed by atoms with Crippen molar-refractivity contribution in [3.05, 3.63) is 74.8 Å². The highest BCUT2D eigenvalue weighted by Gasteiger charge is 2.17. The van der Waals surface area contributed by atoms with Crippen molar-refractivity contribution in [1.29, 1.82) is 0 Å². The number of amides is 1. The second-order valence-electron chi connectivity index (χ2n) is 7.67. The molecule has 6 heteroatoms. The number of aryl methyl sites for hydroxylation is 1. The molecule has 0 unspecified atom stereocenters. The van der Waals surface area contributed by atoms with E-state index in [0.717, 1.165) is 43.6 Å². The van der Waals surface area contributed by atoms with Crippen molar-refractivity contribution >= 4 is 28.4 Å². The van der Waals surface area contributed by atoms with Crippen molar-refractivity contribution in [2.24, 2.45) is 0 Å². The fraction of sp³-hybridized carbons (Fsp3) is 0.348. The number of carbonyl (C=O) groups is 1. The zero-order chi connectivity index (χ0) is 20.4. The fourth-order valence-electron chi connectivity index (χ4n) is 3.88. The Labute approximate surface area is 174 Å². The molecule has 0 atom stereocenters. The maximum atomic E-state index is 12.9. The van der Waals surface area contributed by atoms with Crippen LogP contribution >= 0.6 is 11.6 Å². The summed E-state index contributed by atoms with van der Waals surface area (Å²) in [6, 6.07) is 12.7. The standard InChI is InChI=1S/C23H24ClN3O2/c1-26(15-16-7-10-18(24)11-8-16)22(28)17-9-12-19-20(14-17)25-21-6-4-2-3-5-13-27(21)23(19)29/h7-12,14H,2-6,13,15H2,1H3. The molecule has 4 rings (SSSR count). The maximum absolute atomic E-state index is 12.9. The second kappa shape index (κ2) is 8.37. The number of carbonyl (C=O) groups excluding carboxylic acids is 1. The zero-order valence-corrected chi connectivity index (χ0v) is 17.3. The van der Waals surface area contributed by atoms with Gasteiger partial charge in [0.25, 0.3) is 11.5 Å². The molecular formula is C23H24ClN3O2. The van der Waals surface area contributed by atoms with E-state index in [1.807, 2.05) is 28.8 Å². The molecule has 2 aromatic carbocycles. The molecule has 0 saturated heterocycles. The van der Waals surface area contributed by atoms with E-state index in [1.54, 1.807) is 30.1 Å². The molecule has 0 spiro atoms. The van der Waals surface area contributed by atoms with Gasteiger partial charge in [-0.05, 0) is 48.7 Å². The van der Waals surface area contributed by atoms with Crippen molar-refractivity contribution in [2.45, 2.75) is 45.2 Å². The smallest absolute Gasteiger partial charge is 0.261 e. The Balaban J connectivity index is 1.63. The SMILES string of the molecule is CN(Cc1ccc(Cl)cc1)C(=O)c1ccc2c(=O)n3c(nc2c1)CCCCCC3. The molecule has 0 bridgehead atoms. The van der Waals surface area contributed by atoms with E-state index >= 15 is 0 Å². The van der Waals surface area contributed by atoms with Gasteiger partial charge >= 0.3 is 0 Å². The Hall–Kier alpha value is -2.66. The molecule has 1 aromatic heterocycles. The molecule has 5 nitrogen and oxygen atoms in total. The summed E-state index contributed by atoms with van der Waals surface area (Å²) in [6.45, 7) is 1.20. The molecule has 150 valence electrons. The van der Waals surface area contributed by atoms with Crippen molar-refractivity contribution < 1.29 is 4.79 Å². The molecule has 2 heterocycles. The molecular weight excluding hydrogens is 386 g/mol. The van der Waals surface area contributed by atoms with E-state index in [9.17, 15) is 9.59 Å². The third-order valence-electron chi connectivity index (χ3n) is 5.49. The first-order chi connectivity index (χ1) is 14.0. The van der Waals surface area contributed by atoms with Crippen LogP contribution in [-0.2, 0) is 19.5 Å². The molecule has 1 amide bonds. The molecule has 0 N–H and O–H groups in total. The molecule has 0 saturated carbocycles. The van der Waals surface area contributed by atoms with Crippen LogP contribution < -0.4 is 5.56 Å². The monoisotopic (exact) mass is 409 g/mol. The average molecular weight is 410 g/mol.